The topological polar surface area (TPSA) is 108 Å². The Balaban J connectivity index is 1.87. The molecule has 0 aliphatic rings. The second kappa shape index (κ2) is 8.19. The first kappa shape index (κ1) is 20.5. The lowest BCUT2D eigenvalue weighted by molar-refractivity contribution is 0.289. The van der Waals surface area contributed by atoms with Gasteiger partial charge < -0.3 is 14.8 Å². The number of aromatic amines is 1. The van der Waals surface area contributed by atoms with Crippen LogP contribution in [0.15, 0.2) is 57.5 Å². The summed E-state index contributed by atoms with van der Waals surface area (Å²) in [7, 11) is -2.08. The molecule has 0 saturated heterocycles. The summed E-state index contributed by atoms with van der Waals surface area (Å²) in [6.45, 7) is 0.0860. The Bertz CT molecular complexity index is 1370. The molecular formula is C21H20N2O5S2. The first-order chi connectivity index (χ1) is 14.5. The zero-order valence-electron chi connectivity index (χ0n) is 16.1. The molecule has 2 aromatic carbocycles. The van der Waals surface area contributed by atoms with E-state index in [1.165, 1.54) is 23.5 Å². The summed E-state index contributed by atoms with van der Waals surface area (Å²) in [4.78, 5) is 15.4. The standard InChI is InChI=1S/C21H20N2O5S2/c1-28-17-8-7-16-19(15-9-12-29-20(15)21(25)23-16)18(17)13-3-5-14(6-4-13)30(26,27)22-10-2-11-24/h3-9,12,22,24H,2,10-11H2,1H3,(H,23,25). The Morgan fingerprint density at radius 2 is 1.90 bits per heavy atom. The fourth-order valence-electron chi connectivity index (χ4n) is 3.45. The predicted octanol–water partition coefficient (Wildman–Crippen LogP) is 3.08. The van der Waals surface area contributed by atoms with Crippen LogP contribution in [-0.2, 0) is 10.0 Å². The summed E-state index contributed by atoms with van der Waals surface area (Å²) in [6, 6.07) is 12.0. The van der Waals surface area contributed by atoms with E-state index in [4.69, 9.17) is 9.84 Å². The van der Waals surface area contributed by atoms with Crippen LogP contribution < -0.4 is 15.0 Å². The van der Waals surface area contributed by atoms with Gasteiger partial charge in [0.25, 0.3) is 5.56 Å². The first-order valence-corrected chi connectivity index (χ1v) is 11.6. The quantitative estimate of drug-likeness (QED) is 0.380. The summed E-state index contributed by atoms with van der Waals surface area (Å²) < 4.78 is 33.5. The van der Waals surface area contributed by atoms with Crippen LogP contribution in [0.25, 0.3) is 32.1 Å². The summed E-state index contributed by atoms with van der Waals surface area (Å²) in [5, 5.41) is 12.4. The highest BCUT2D eigenvalue weighted by molar-refractivity contribution is 7.89. The third-order valence-corrected chi connectivity index (χ3v) is 7.25. The highest BCUT2D eigenvalue weighted by atomic mass is 32.2. The molecular weight excluding hydrogens is 424 g/mol. The molecule has 0 spiro atoms. The van der Waals surface area contributed by atoms with Crippen molar-refractivity contribution in [2.45, 2.75) is 11.3 Å². The van der Waals surface area contributed by atoms with E-state index in [1.807, 2.05) is 11.4 Å². The number of methoxy groups -OCH3 is 1. The van der Waals surface area contributed by atoms with Crippen LogP contribution in [0.3, 0.4) is 0 Å². The molecule has 4 aromatic rings. The highest BCUT2D eigenvalue weighted by Gasteiger charge is 2.18. The third kappa shape index (κ3) is 3.61. The number of rotatable bonds is 7. The number of aliphatic hydroxyl groups excluding tert-OH is 1. The number of sulfonamides is 1. The fourth-order valence-corrected chi connectivity index (χ4v) is 5.32. The molecule has 7 nitrogen and oxygen atoms in total. The highest BCUT2D eigenvalue weighted by Crippen LogP contribution is 2.40. The van der Waals surface area contributed by atoms with E-state index in [0.29, 0.717) is 22.4 Å². The van der Waals surface area contributed by atoms with Crippen LogP contribution >= 0.6 is 11.3 Å². The maximum Gasteiger partial charge on any atom is 0.266 e. The number of H-pyrrole nitrogens is 1. The van der Waals surface area contributed by atoms with Gasteiger partial charge >= 0.3 is 0 Å². The van der Waals surface area contributed by atoms with Gasteiger partial charge in [-0.05, 0) is 47.7 Å². The van der Waals surface area contributed by atoms with Crippen molar-refractivity contribution in [3.8, 4) is 16.9 Å². The molecule has 0 unspecified atom stereocenters. The Morgan fingerprint density at radius 1 is 1.13 bits per heavy atom. The number of pyridine rings is 1. The van der Waals surface area contributed by atoms with Crippen molar-refractivity contribution in [3.63, 3.8) is 0 Å². The number of hydrogen-bond acceptors (Lipinski definition) is 6. The van der Waals surface area contributed by atoms with Gasteiger partial charge in [-0.3, -0.25) is 4.79 Å². The molecule has 156 valence electrons. The van der Waals surface area contributed by atoms with E-state index >= 15 is 0 Å². The van der Waals surface area contributed by atoms with Crippen LogP contribution in [0.2, 0.25) is 0 Å². The van der Waals surface area contributed by atoms with Crippen LogP contribution in [-0.4, -0.2) is 38.8 Å². The Hall–Kier alpha value is -2.72. The van der Waals surface area contributed by atoms with Gasteiger partial charge in [-0.1, -0.05) is 12.1 Å². The van der Waals surface area contributed by atoms with Gasteiger partial charge in [-0.25, -0.2) is 13.1 Å². The second-order valence-electron chi connectivity index (χ2n) is 6.68. The van der Waals surface area contributed by atoms with Crippen molar-refractivity contribution in [1.29, 1.82) is 0 Å². The smallest absolute Gasteiger partial charge is 0.266 e. The van der Waals surface area contributed by atoms with Crippen LogP contribution in [0, 0.1) is 0 Å². The molecule has 0 amide bonds. The maximum atomic E-state index is 12.4. The normalized spacial score (nSPS) is 11.9. The molecule has 2 aromatic heterocycles. The van der Waals surface area contributed by atoms with E-state index < -0.39 is 10.0 Å². The van der Waals surface area contributed by atoms with Crippen LogP contribution in [0.4, 0.5) is 0 Å². The molecule has 0 aliphatic heterocycles. The minimum atomic E-state index is -3.66. The number of benzene rings is 2. The minimum absolute atomic E-state index is 0.0819. The second-order valence-corrected chi connectivity index (χ2v) is 9.37. The van der Waals surface area contributed by atoms with Crippen molar-refractivity contribution < 1.29 is 18.3 Å². The fraction of sp³-hybridized carbons (Fsp3) is 0.190. The first-order valence-electron chi connectivity index (χ1n) is 9.27. The van der Waals surface area contributed by atoms with Crippen LogP contribution in [0.1, 0.15) is 6.42 Å². The van der Waals surface area contributed by atoms with Gasteiger partial charge in [0.1, 0.15) is 10.4 Å². The monoisotopic (exact) mass is 444 g/mol. The Morgan fingerprint density at radius 3 is 2.60 bits per heavy atom. The summed E-state index contributed by atoms with van der Waals surface area (Å²) in [6.07, 6.45) is 0.347. The van der Waals surface area contributed by atoms with Crippen molar-refractivity contribution in [3.05, 3.63) is 58.2 Å². The number of hydrogen-bond donors (Lipinski definition) is 3. The van der Waals surface area contributed by atoms with Gasteiger partial charge in [-0.2, -0.15) is 0 Å². The number of thiophene rings is 1. The largest absolute Gasteiger partial charge is 0.496 e. The van der Waals surface area contributed by atoms with E-state index in [9.17, 15) is 13.2 Å². The molecule has 3 N–H and O–H groups in total. The summed E-state index contributed by atoms with van der Waals surface area (Å²) in [5.74, 6) is 0.624. The van der Waals surface area contributed by atoms with Gasteiger partial charge in [0.15, 0.2) is 0 Å². The van der Waals surface area contributed by atoms with Gasteiger partial charge in [0.2, 0.25) is 10.0 Å². The van der Waals surface area contributed by atoms with E-state index in [2.05, 4.69) is 9.71 Å². The lowest BCUT2D eigenvalue weighted by Gasteiger charge is -2.14. The van der Waals surface area contributed by atoms with E-state index in [0.717, 1.165) is 21.9 Å². The molecule has 0 radical (unpaired) electrons. The third-order valence-electron chi connectivity index (χ3n) is 4.86. The van der Waals surface area contributed by atoms with Crippen molar-refractivity contribution >= 4 is 42.3 Å². The van der Waals surface area contributed by atoms with Gasteiger partial charge in [0, 0.05) is 35.0 Å². The summed E-state index contributed by atoms with van der Waals surface area (Å²) in [5.41, 5.74) is 2.10. The molecule has 9 heteroatoms. The number of fused-ring (bicyclic) bond motifs is 3. The van der Waals surface area contributed by atoms with Crippen molar-refractivity contribution in [2.24, 2.45) is 0 Å². The predicted molar refractivity (Wildman–Crippen MR) is 119 cm³/mol. The number of aliphatic hydroxyl groups is 1. The molecule has 30 heavy (non-hydrogen) atoms. The molecule has 2 heterocycles. The maximum absolute atomic E-state index is 12.4. The average molecular weight is 445 g/mol. The average Bonchev–Trinajstić information content (AvgIpc) is 3.24. The molecule has 0 saturated carbocycles. The Kier molecular flexibility index (Phi) is 5.61. The molecule has 0 aliphatic carbocycles. The molecule has 0 atom stereocenters. The Labute approximate surface area is 177 Å². The summed E-state index contributed by atoms with van der Waals surface area (Å²) >= 11 is 1.37. The van der Waals surface area contributed by atoms with Crippen molar-refractivity contribution in [2.75, 3.05) is 20.3 Å². The molecule has 0 fully saturated rings. The van der Waals surface area contributed by atoms with E-state index in [1.54, 1.807) is 31.4 Å². The molecule has 0 bridgehead atoms. The number of ether oxygens (including phenoxy) is 1. The number of nitrogens with one attached hydrogen (secondary N) is 2. The SMILES string of the molecule is COc1ccc2[nH]c(=O)c3sccc3c2c1-c1ccc(S(=O)(=O)NCCCO)cc1. The molecule has 4 rings (SSSR count). The zero-order chi connectivity index (χ0) is 21.3. The lowest BCUT2D eigenvalue weighted by Crippen LogP contribution is -2.25. The van der Waals surface area contributed by atoms with Crippen molar-refractivity contribution in [1.82, 2.24) is 9.71 Å². The number of aromatic nitrogens is 1. The lowest BCUT2D eigenvalue weighted by atomic mass is 9.97. The minimum Gasteiger partial charge on any atom is -0.496 e. The van der Waals surface area contributed by atoms with E-state index in [-0.39, 0.29) is 23.6 Å². The van der Waals surface area contributed by atoms with Crippen LogP contribution in [0.5, 0.6) is 5.75 Å². The zero-order valence-corrected chi connectivity index (χ0v) is 17.8. The van der Waals surface area contributed by atoms with Gasteiger partial charge in [0.05, 0.1) is 12.0 Å². The van der Waals surface area contributed by atoms with Gasteiger partial charge in [-0.15, -0.1) is 11.3 Å².